The van der Waals surface area contributed by atoms with Crippen LogP contribution in [0, 0.1) is 29.2 Å². The van der Waals surface area contributed by atoms with Crippen LogP contribution < -0.4 is 0 Å². The number of nitrogens with zero attached hydrogens (tertiary/aromatic N) is 4. The van der Waals surface area contributed by atoms with Gasteiger partial charge in [-0.15, -0.1) is 0 Å². The first kappa shape index (κ1) is 9.43. The van der Waals surface area contributed by atoms with E-state index in [0.717, 1.165) is 0 Å². The van der Waals surface area contributed by atoms with Crippen LogP contribution >= 0.6 is 0 Å². The van der Waals surface area contributed by atoms with E-state index < -0.39 is 0 Å². The molecule has 0 N–H and O–H groups in total. The molecule has 0 aliphatic heterocycles. The Bertz CT molecular complexity index is 198. The zero-order valence-corrected chi connectivity index (χ0v) is 6.12. The molecule has 11 heavy (non-hydrogen) atoms. The van der Waals surface area contributed by atoms with E-state index >= 15 is 0 Å². The van der Waals surface area contributed by atoms with Crippen molar-refractivity contribution < 1.29 is 0 Å². The lowest BCUT2D eigenvalue weighted by atomic mass is 10.4. The highest BCUT2D eigenvalue weighted by atomic mass is 15.1. The van der Waals surface area contributed by atoms with Gasteiger partial charge in [0.1, 0.15) is 0 Å². The van der Waals surface area contributed by atoms with Gasteiger partial charge in [0.25, 0.3) is 0 Å². The lowest BCUT2D eigenvalue weighted by Gasteiger charge is -2.09. The van der Waals surface area contributed by atoms with Crippen LogP contribution in [0.3, 0.4) is 0 Å². The molecule has 0 saturated heterocycles. The fourth-order valence-electron chi connectivity index (χ4n) is 0.605. The summed E-state index contributed by atoms with van der Waals surface area (Å²) in [6.07, 6.45) is 0. The molecule has 0 aliphatic carbocycles. The maximum absolute atomic E-state index is 8.28. The van der Waals surface area contributed by atoms with Crippen molar-refractivity contribution in [2.45, 2.75) is 0 Å². The Balaban J connectivity index is 3.65. The van der Waals surface area contributed by atoms with Gasteiger partial charge < -0.3 is 4.85 Å². The second-order valence-corrected chi connectivity index (χ2v) is 1.91. The largest absolute Gasteiger partial charge is 0.316 e. The molecule has 0 saturated carbocycles. The van der Waals surface area contributed by atoms with E-state index in [-0.39, 0.29) is 13.1 Å². The summed E-state index contributed by atoms with van der Waals surface area (Å²) in [4.78, 5) is 4.77. The third-order valence-electron chi connectivity index (χ3n) is 1.12. The van der Waals surface area contributed by atoms with E-state index in [2.05, 4.69) is 4.85 Å². The first-order valence-electron chi connectivity index (χ1n) is 3.14. The van der Waals surface area contributed by atoms with Gasteiger partial charge in [0.2, 0.25) is 6.54 Å². The standard InChI is InChI=1S/C7H8N4/c1-10-4-7-11(5-2-8)6-3-9/h4-7H2. The third kappa shape index (κ3) is 4.90. The zero-order chi connectivity index (χ0) is 8.53. The lowest BCUT2D eigenvalue weighted by Crippen LogP contribution is -2.26. The van der Waals surface area contributed by atoms with Gasteiger partial charge in [0.15, 0.2) is 0 Å². The van der Waals surface area contributed by atoms with Crippen molar-refractivity contribution in [3.8, 4) is 12.1 Å². The van der Waals surface area contributed by atoms with Crippen molar-refractivity contribution in [3.63, 3.8) is 0 Å². The molecular formula is C7H8N4. The molecule has 0 radical (unpaired) electrons. The van der Waals surface area contributed by atoms with Gasteiger partial charge in [0.05, 0.1) is 31.8 Å². The molecule has 0 bridgehead atoms. The Hall–Kier alpha value is -1.57. The summed E-state index contributed by atoms with van der Waals surface area (Å²) in [5.74, 6) is 0. The van der Waals surface area contributed by atoms with Crippen molar-refractivity contribution in [1.82, 2.24) is 4.90 Å². The van der Waals surface area contributed by atoms with E-state index in [9.17, 15) is 0 Å². The molecule has 0 aromatic carbocycles. The second kappa shape index (κ2) is 6.55. The predicted octanol–water partition coefficient (Wildman–Crippen LogP) is 0.255. The van der Waals surface area contributed by atoms with Gasteiger partial charge in [-0.3, -0.25) is 4.90 Å². The van der Waals surface area contributed by atoms with Gasteiger partial charge in [0, 0.05) is 0 Å². The summed E-state index contributed by atoms with van der Waals surface area (Å²) in [5, 5.41) is 16.6. The van der Waals surface area contributed by atoms with Gasteiger partial charge in [-0.05, 0) is 0 Å². The monoisotopic (exact) mass is 148 g/mol. The molecule has 0 rings (SSSR count). The van der Waals surface area contributed by atoms with E-state index in [4.69, 9.17) is 17.1 Å². The highest BCUT2D eigenvalue weighted by Gasteiger charge is 2.02. The summed E-state index contributed by atoms with van der Waals surface area (Å²) in [7, 11) is 0. The van der Waals surface area contributed by atoms with E-state index in [1.807, 2.05) is 12.1 Å². The van der Waals surface area contributed by atoms with Crippen molar-refractivity contribution in [2.75, 3.05) is 26.2 Å². The SMILES string of the molecule is [C-]#[N+]CCN(CC#N)CC#N. The van der Waals surface area contributed by atoms with Crippen LogP contribution in [-0.2, 0) is 0 Å². The zero-order valence-electron chi connectivity index (χ0n) is 6.12. The first-order chi connectivity index (χ1) is 5.35. The smallest absolute Gasteiger partial charge is 0.227 e. The molecule has 0 fully saturated rings. The molecule has 0 aliphatic rings. The Morgan fingerprint density at radius 1 is 1.27 bits per heavy atom. The molecule has 56 valence electrons. The Labute approximate surface area is 66.1 Å². The fourth-order valence-corrected chi connectivity index (χ4v) is 0.605. The van der Waals surface area contributed by atoms with Crippen molar-refractivity contribution in [3.05, 3.63) is 11.4 Å². The lowest BCUT2D eigenvalue weighted by molar-refractivity contribution is 0.359. The minimum Gasteiger partial charge on any atom is -0.316 e. The van der Waals surface area contributed by atoms with Crippen molar-refractivity contribution in [2.24, 2.45) is 0 Å². The van der Waals surface area contributed by atoms with E-state index in [1.54, 1.807) is 4.90 Å². The molecule has 4 heteroatoms. The Kier molecular flexibility index (Phi) is 5.61. The van der Waals surface area contributed by atoms with Gasteiger partial charge >= 0.3 is 0 Å². The first-order valence-corrected chi connectivity index (χ1v) is 3.14. The maximum Gasteiger partial charge on any atom is 0.227 e. The Morgan fingerprint density at radius 3 is 2.18 bits per heavy atom. The molecule has 4 nitrogen and oxygen atoms in total. The third-order valence-corrected chi connectivity index (χ3v) is 1.12. The summed E-state index contributed by atoms with van der Waals surface area (Å²) < 4.78 is 0. The van der Waals surface area contributed by atoms with E-state index in [0.29, 0.717) is 13.1 Å². The molecule has 0 spiro atoms. The molecule has 0 aromatic heterocycles. The minimum atomic E-state index is 0.225. The number of hydrogen-bond donors (Lipinski definition) is 0. The molecule has 0 atom stereocenters. The summed E-state index contributed by atoms with van der Waals surface area (Å²) in [6, 6.07) is 3.87. The van der Waals surface area contributed by atoms with Crippen LogP contribution in [0.2, 0.25) is 0 Å². The Morgan fingerprint density at radius 2 is 1.82 bits per heavy atom. The molecule has 0 aromatic rings. The average molecular weight is 148 g/mol. The van der Waals surface area contributed by atoms with Crippen LogP contribution in [0.1, 0.15) is 0 Å². The highest BCUT2D eigenvalue weighted by molar-refractivity contribution is 4.84. The molecule has 0 unspecified atom stereocenters. The summed E-state index contributed by atoms with van der Waals surface area (Å²) >= 11 is 0. The predicted molar refractivity (Wildman–Crippen MR) is 39.1 cm³/mol. The molecule has 0 heterocycles. The minimum absolute atomic E-state index is 0.225. The quantitative estimate of drug-likeness (QED) is 0.424. The van der Waals surface area contributed by atoms with Gasteiger partial charge in [-0.25, -0.2) is 6.57 Å². The van der Waals surface area contributed by atoms with Crippen LogP contribution in [0.15, 0.2) is 0 Å². The summed E-state index contributed by atoms with van der Waals surface area (Å²) in [5.41, 5.74) is 0. The van der Waals surface area contributed by atoms with Crippen LogP contribution in [0.4, 0.5) is 0 Å². The molecule has 0 amide bonds. The number of nitriles is 2. The summed E-state index contributed by atoms with van der Waals surface area (Å²) in [6.45, 7) is 7.80. The van der Waals surface area contributed by atoms with Crippen molar-refractivity contribution in [1.29, 1.82) is 10.5 Å². The average Bonchev–Trinajstić information content (AvgIpc) is 2.01. The van der Waals surface area contributed by atoms with Gasteiger partial charge in [-0.1, -0.05) is 0 Å². The van der Waals surface area contributed by atoms with Crippen LogP contribution in [-0.4, -0.2) is 31.1 Å². The van der Waals surface area contributed by atoms with Crippen LogP contribution in [0.25, 0.3) is 4.85 Å². The maximum atomic E-state index is 8.28. The number of rotatable bonds is 4. The number of hydrogen-bond acceptors (Lipinski definition) is 3. The second-order valence-electron chi connectivity index (χ2n) is 1.91. The fraction of sp³-hybridized carbons (Fsp3) is 0.571. The van der Waals surface area contributed by atoms with Crippen molar-refractivity contribution >= 4 is 0 Å². The van der Waals surface area contributed by atoms with Crippen LogP contribution in [0.5, 0.6) is 0 Å². The normalized spacial score (nSPS) is 8.18. The van der Waals surface area contributed by atoms with Gasteiger partial charge in [-0.2, -0.15) is 10.5 Å². The van der Waals surface area contributed by atoms with E-state index in [1.165, 1.54) is 0 Å². The molecular weight excluding hydrogens is 140 g/mol. The highest BCUT2D eigenvalue weighted by Crippen LogP contribution is 1.85. The topological polar surface area (TPSA) is 55.2 Å².